The van der Waals surface area contributed by atoms with Crippen molar-refractivity contribution in [2.24, 2.45) is 0 Å². The number of hydrogen-bond acceptors (Lipinski definition) is 5. The van der Waals surface area contributed by atoms with Crippen LogP contribution in [-0.2, 0) is 6.54 Å². The highest BCUT2D eigenvalue weighted by atomic mass is 19.3. The Kier molecular flexibility index (Phi) is 6.23. The first kappa shape index (κ1) is 21.8. The van der Waals surface area contributed by atoms with Crippen LogP contribution in [0.15, 0.2) is 42.5 Å². The number of halogens is 3. The number of carbonyl (C=O) groups excluding carboxylic acids is 1. The van der Waals surface area contributed by atoms with Crippen molar-refractivity contribution in [3.05, 3.63) is 80.9 Å². The molecule has 0 bridgehead atoms. The number of aromatic nitrogens is 2. The average molecular weight is 434 g/mol. The second-order valence-corrected chi connectivity index (χ2v) is 6.60. The first-order valence-corrected chi connectivity index (χ1v) is 8.98. The summed E-state index contributed by atoms with van der Waals surface area (Å²) < 4.78 is 44.1. The Labute approximate surface area is 174 Å². The van der Waals surface area contributed by atoms with Crippen molar-refractivity contribution in [1.29, 1.82) is 0 Å². The minimum absolute atomic E-state index is 0.0443. The summed E-state index contributed by atoms with van der Waals surface area (Å²) in [5.41, 5.74) is 1.52. The van der Waals surface area contributed by atoms with Crippen molar-refractivity contribution >= 4 is 17.3 Å². The van der Waals surface area contributed by atoms with Crippen LogP contribution in [0.4, 0.5) is 24.5 Å². The summed E-state index contributed by atoms with van der Waals surface area (Å²) in [5.74, 6) is -1.90. The van der Waals surface area contributed by atoms with Crippen LogP contribution in [0.3, 0.4) is 0 Å². The molecule has 0 atom stereocenters. The van der Waals surface area contributed by atoms with Crippen LogP contribution in [0.2, 0.25) is 0 Å². The second-order valence-electron chi connectivity index (χ2n) is 6.60. The molecule has 0 unspecified atom stereocenters. The van der Waals surface area contributed by atoms with Crippen molar-refractivity contribution in [3.63, 3.8) is 0 Å². The van der Waals surface area contributed by atoms with Crippen molar-refractivity contribution in [3.8, 4) is 5.75 Å². The first-order valence-electron chi connectivity index (χ1n) is 8.98. The Morgan fingerprint density at radius 3 is 2.48 bits per heavy atom. The fraction of sp³-hybridized carbons (Fsp3) is 0.200. The highest BCUT2D eigenvalue weighted by Gasteiger charge is 2.21. The van der Waals surface area contributed by atoms with E-state index in [9.17, 15) is 28.1 Å². The third-order valence-corrected chi connectivity index (χ3v) is 4.48. The van der Waals surface area contributed by atoms with Gasteiger partial charge in [0.2, 0.25) is 0 Å². The zero-order valence-electron chi connectivity index (χ0n) is 16.4. The van der Waals surface area contributed by atoms with Gasteiger partial charge in [0.25, 0.3) is 5.91 Å². The molecule has 0 aliphatic carbocycles. The Bertz CT molecular complexity index is 1130. The SMILES string of the molecule is Cc1nn(Cc2ccc(C(=O)Nc3ccc(F)cc3OC(F)F)cc2)c(C)c1[N+](=O)[O-]. The van der Waals surface area contributed by atoms with E-state index in [-0.39, 0.29) is 23.5 Å². The number of rotatable bonds is 7. The Hall–Kier alpha value is -3.89. The zero-order chi connectivity index (χ0) is 22.7. The molecule has 1 aromatic heterocycles. The van der Waals surface area contributed by atoms with Gasteiger partial charge in [-0.1, -0.05) is 12.1 Å². The molecule has 0 spiro atoms. The molecular weight excluding hydrogens is 417 g/mol. The number of carbonyl (C=O) groups is 1. The number of anilines is 1. The van der Waals surface area contributed by atoms with Gasteiger partial charge in [-0.2, -0.15) is 13.9 Å². The quantitative estimate of drug-likeness (QED) is 0.438. The van der Waals surface area contributed by atoms with Gasteiger partial charge >= 0.3 is 12.3 Å². The number of hydrogen-bond donors (Lipinski definition) is 1. The minimum atomic E-state index is -3.18. The van der Waals surface area contributed by atoms with Gasteiger partial charge in [-0.25, -0.2) is 4.39 Å². The molecule has 0 saturated heterocycles. The van der Waals surface area contributed by atoms with Crippen molar-refractivity contribution in [2.45, 2.75) is 27.0 Å². The number of nitro groups is 1. The predicted molar refractivity (Wildman–Crippen MR) is 105 cm³/mol. The van der Waals surface area contributed by atoms with E-state index in [0.717, 1.165) is 23.8 Å². The smallest absolute Gasteiger partial charge is 0.387 e. The molecule has 162 valence electrons. The summed E-state index contributed by atoms with van der Waals surface area (Å²) in [6.45, 7) is 0.229. The van der Waals surface area contributed by atoms with E-state index in [0.29, 0.717) is 11.4 Å². The summed E-state index contributed by atoms with van der Waals surface area (Å²) >= 11 is 0. The lowest BCUT2D eigenvalue weighted by atomic mass is 10.1. The lowest BCUT2D eigenvalue weighted by molar-refractivity contribution is -0.386. The molecule has 1 heterocycles. The summed E-state index contributed by atoms with van der Waals surface area (Å²) in [5, 5.41) is 17.7. The van der Waals surface area contributed by atoms with Gasteiger partial charge < -0.3 is 10.1 Å². The summed E-state index contributed by atoms with van der Waals surface area (Å²) in [7, 11) is 0. The molecule has 11 heteroatoms. The van der Waals surface area contributed by atoms with Gasteiger partial charge in [0.1, 0.15) is 17.2 Å². The maximum Gasteiger partial charge on any atom is 0.387 e. The van der Waals surface area contributed by atoms with E-state index in [1.54, 1.807) is 26.0 Å². The maximum absolute atomic E-state index is 13.3. The summed E-state index contributed by atoms with van der Waals surface area (Å²) in [6.07, 6.45) is 0. The third kappa shape index (κ3) is 5.00. The molecule has 0 aliphatic heterocycles. The normalized spacial score (nSPS) is 10.9. The van der Waals surface area contributed by atoms with Crippen LogP contribution in [0.1, 0.15) is 27.3 Å². The zero-order valence-corrected chi connectivity index (χ0v) is 16.4. The van der Waals surface area contributed by atoms with Gasteiger partial charge in [0, 0.05) is 11.6 Å². The minimum Gasteiger partial charge on any atom is -0.432 e. The number of alkyl halides is 2. The fourth-order valence-electron chi connectivity index (χ4n) is 3.03. The molecule has 3 rings (SSSR count). The predicted octanol–water partition coefficient (Wildman–Crippen LogP) is 4.45. The van der Waals surface area contributed by atoms with E-state index in [4.69, 9.17) is 0 Å². The van der Waals surface area contributed by atoms with Crippen LogP contribution >= 0.6 is 0 Å². The average Bonchev–Trinajstić information content (AvgIpc) is 2.97. The van der Waals surface area contributed by atoms with Gasteiger partial charge in [0.05, 0.1) is 17.2 Å². The highest BCUT2D eigenvalue weighted by Crippen LogP contribution is 2.28. The molecular formula is C20H17F3N4O4. The van der Waals surface area contributed by atoms with E-state index < -0.39 is 29.0 Å². The number of aryl methyl sites for hydroxylation is 1. The van der Waals surface area contributed by atoms with Crippen molar-refractivity contribution < 1.29 is 27.6 Å². The first-order chi connectivity index (χ1) is 14.7. The molecule has 2 aromatic carbocycles. The number of nitrogens with one attached hydrogen (secondary N) is 1. The number of benzene rings is 2. The topological polar surface area (TPSA) is 99.3 Å². The van der Waals surface area contributed by atoms with Gasteiger partial charge in [-0.3, -0.25) is 19.6 Å². The second kappa shape index (κ2) is 8.86. The number of nitrogens with zero attached hydrogens (tertiary/aromatic N) is 3. The van der Waals surface area contributed by atoms with Gasteiger partial charge in [0.15, 0.2) is 5.75 Å². The highest BCUT2D eigenvalue weighted by molar-refractivity contribution is 6.05. The van der Waals surface area contributed by atoms with Crippen molar-refractivity contribution in [2.75, 3.05) is 5.32 Å². The maximum atomic E-state index is 13.3. The lowest BCUT2D eigenvalue weighted by Crippen LogP contribution is -2.14. The Morgan fingerprint density at radius 1 is 1.23 bits per heavy atom. The molecule has 0 saturated carbocycles. The molecule has 1 N–H and O–H groups in total. The van der Waals surface area contributed by atoms with E-state index in [1.807, 2.05) is 0 Å². The number of ether oxygens (including phenoxy) is 1. The van der Waals surface area contributed by atoms with Crippen LogP contribution in [0.25, 0.3) is 0 Å². The molecule has 3 aromatic rings. The van der Waals surface area contributed by atoms with Crippen molar-refractivity contribution in [1.82, 2.24) is 9.78 Å². The molecule has 31 heavy (non-hydrogen) atoms. The fourth-order valence-corrected chi connectivity index (χ4v) is 3.03. The molecule has 0 aliphatic rings. The van der Waals surface area contributed by atoms with E-state index in [2.05, 4.69) is 15.2 Å². The third-order valence-electron chi connectivity index (χ3n) is 4.48. The van der Waals surface area contributed by atoms with E-state index in [1.165, 1.54) is 16.8 Å². The van der Waals surface area contributed by atoms with Crippen LogP contribution in [0.5, 0.6) is 5.75 Å². The molecule has 0 fully saturated rings. The molecule has 1 amide bonds. The Balaban J connectivity index is 1.74. The van der Waals surface area contributed by atoms with Crippen LogP contribution in [-0.4, -0.2) is 27.2 Å². The Morgan fingerprint density at radius 2 is 1.90 bits per heavy atom. The summed E-state index contributed by atoms with van der Waals surface area (Å²) in [4.78, 5) is 23.1. The van der Waals surface area contributed by atoms with Crippen LogP contribution in [0, 0.1) is 29.8 Å². The van der Waals surface area contributed by atoms with Gasteiger partial charge in [-0.15, -0.1) is 0 Å². The lowest BCUT2D eigenvalue weighted by Gasteiger charge is -2.12. The van der Waals surface area contributed by atoms with Gasteiger partial charge in [-0.05, 0) is 43.7 Å². The molecule has 8 nitrogen and oxygen atoms in total. The van der Waals surface area contributed by atoms with Crippen LogP contribution < -0.4 is 10.1 Å². The largest absolute Gasteiger partial charge is 0.432 e. The summed E-state index contributed by atoms with van der Waals surface area (Å²) in [6, 6.07) is 9.15. The standard InChI is InChI=1S/C20H17F3N4O4/c1-11-18(27(29)30)12(2)26(25-11)10-13-3-5-14(6-4-13)19(28)24-16-8-7-15(21)9-17(16)31-20(22)23/h3-9,20H,10H2,1-2H3,(H,24,28). The molecule has 0 radical (unpaired) electrons. The number of amides is 1. The van der Waals surface area contributed by atoms with E-state index >= 15 is 0 Å². The monoisotopic (exact) mass is 434 g/mol.